The Labute approximate surface area is 351 Å². The van der Waals surface area contributed by atoms with E-state index in [0.29, 0.717) is 95.2 Å². The molecule has 6 N–H and O–H groups in total. The van der Waals surface area contributed by atoms with Crippen molar-refractivity contribution in [1.82, 2.24) is 40.3 Å². The number of benzene rings is 2. The molecule has 0 saturated carbocycles. The second-order valence-electron chi connectivity index (χ2n) is 15.9. The molecule has 4 aromatic rings. The fourth-order valence-corrected chi connectivity index (χ4v) is 8.72. The lowest BCUT2D eigenvalue weighted by Crippen LogP contribution is -2.60. The molecule has 0 radical (unpaired) electrons. The highest BCUT2D eigenvalue weighted by molar-refractivity contribution is 6.30. The highest BCUT2D eigenvalue weighted by Crippen LogP contribution is 2.33. The number of H-pyrrole nitrogens is 1. The van der Waals surface area contributed by atoms with E-state index in [0.717, 1.165) is 27.3 Å². The van der Waals surface area contributed by atoms with Gasteiger partial charge in [0.15, 0.2) is 0 Å². The first-order chi connectivity index (χ1) is 29.0. The number of aromatic nitrogens is 3. The molecule has 2 aromatic carbocycles. The molecule has 3 saturated heterocycles. The van der Waals surface area contributed by atoms with E-state index >= 15 is 0 Å². The van der Waals surface area contributed by atoms with Crippen molar-refractivity contribution in [2.45, 2.75) is 62.6 Å². The zero-order valence-electron chi connectivity index (χ0n) is 33.1. The summed E-state index contributed by atoms with van der Waals surface area (Å²) in [5.41, 5.74) is 8.32. The molecule has 17 nitrogen and oxygen atoms in total. The quantitative estimate of drug-likeness (QED) is 0.0970. The van der Waals surface area contributed by atoms with Crippen molar-refractivity contribution < 1.29 is 28.8 Å². The van der Waals surface area contributed by atoms with Gasteiger partial charge in [0, 0.05) is 82.1 Å². The number of nitrogens with two attached hydrogens (primary N) is 1. The molecule has 0 spiro atoms. The largest absolute Gasteiger partial charge is 0.384 e. The topological polar surface area (TPSA) is 219 Å². The van der Waals surface area contributed by atoms with Crippen LogP contribution in [0, 0.1) is 0 Å². The number of nitrogens with one attached hydrogen (secondary N) is 4. The second kappa shape index (κ2) is 17.4. The first-order valence-electron chi connectivity index (χ1n) is 20.5. The summed E-state index contributed by atoms with van der Waals surface area (Å²) in [7, 11) is 0. The maximum atomic E-state index is 13.9. The summed E-state index contributed by atoms with van der Waals surface area (Å²) in [6, 6.07) is 13.0. The summed E-state index contributed by atoms with van der Waals surface area (Å²) in [4.78, 5) is 96.9. The molecular formula is C42H48ClN11O6. The van der Waals surface area contributed by atoms with E-state index in [4.69, 9.17) is 17.3 Å². The number of carbonyl (C=O) groups excluding carboxylic acids is 6. The SMILES string of the molecule is NC1(C(=O)NC(CCN2CCN(C(=O)CCCNc3cccc4c3C(=O)N(C3CCC(=O)NC3=O)C4=O)CC2)c2ccc(Cl)cc2)CCN(c2ncnc3[nH]ccc23)CC1. The highest BCUT2D eigenvalue weighted by atomic mass is 35.5. The van der Waals surface area contributed by atoms with Crippen molar-refractivity contribution in [1.29, 1.82) is 0 Å². The molecule has 6 heterocycles. The lowest BCUT2D eigenvalue weighted by molar-refractivity contribution is -0.136. The zero-order valence-corrected chi connectivity index (χ0v) is 33.9. The molecule has 0 aliphatic carbocycles. The molecule has 2 unspecified atom stereocenters. The van der Waals surface area contributed by atoms with Gasteiger partial charge in [0.25, 0.3) is 11.8 Å². The summed E-state index contributed by atoms with van der Waals surface area (Å²) in [5, 5.41) is 10.2. The number of nitrogens with zero attached hydrogens (tertiary/aromatic N) is 6. The number of hydrogen-bond acceptors (Lipinski definition) is 12. The van der Waals surface area contributed by atoms with Gasteiger partial charge in [0.2, 0.25) is 23.6 Å². The van der Waals surface area contributed by atoms with E-state index in [1.807, 2.05) is 41.4 Å². The summed E-state index contributed by atoms with van der Waals surface area (Å²) < 4.78 is 0. The molecule has 3 fully saturated rings. The predicted octanol–water partition coefficient (Wildman–Crippen LogP) is 2.59. The van der Waals surface area contributed by atoms with E-state index in [9.17, 15) is 28.8 Å². The first kappa shape index (κ1) is 40.9. The van der Waals surface area contributed by atoms with Gasteiger partial charge >= 0.3 is 0 Å². The van der Waals surface area contributed by atoms with Crippen LogP contribution in [0.25, 0.3) is 11.0 Å². The van der Waals surface area contributed by atoms with Gasteiger partial charge in [-0.3, -0.25) is 43.9 Å². The van der Waals surface area contributed by atoms with Crippen molar-refractivity contribution in [3.63, 3.8) is 0 Å². The van der Waals surface area contributed by atoms with Crippen LogP contribution in [0.4, 0.5) is 11.5 Å². The van der Waals surface area contributed by atoms with Crippen molar-refractivity contribution in [2.24, 2.45) is 5.73 Å². The molecule has 8 rings (SSSR count). The van der Waals surface area contributed by atoms with Gasteiger partial charge in [-0.1, -0.05) is 29.8 Å². The fourth-order valence-electron chi connectivity index (χ4n) is 8.59. The van der Waals surface area contributed by atoms with Crippen molar-refractivity contribution in [2.75, 3.05) is 62.6 Å². The van der Waals surface area contributed by atoms with Crippen LogP contribution in [-0.4, -0.2) is 129 Å². The normalized spacial score (nSPS) is 20.0. The number of carbonyl (C=O) groups is 6. The molecule has 0 bridgehead atoms. The monoisotopic (exact) mass is 837 g/mol. The Morgan fingerprint density at radius 3 is 2.47 bits per heavy atom. The van der Waals surface area contributed by atoms with E-state index in [1.54, 1.807) is 18.2 Å². The number of aromatic amines is 1. The Morgan fingerprint density at radius 2 is 1.72 bits per heavy atom. The molecule has 4 aliphatic rings. The standard InChI is InChI=1S/C42H48ClN11O6/c43-27-8-6-26(7-9-27)30(49-41(60)42(44)14-19-53(20-15-42)37-29-12-17-46-36(29)47-25-48-37)13-18-51-21-23-52(24-22-51)34(56)5-2-16-45-31-4-1-3-28-35(31)40(59)54(39(28)58)32-10-11-33(55)50-38(32)57/h1,3-4,6-9,12,17,25,30,32,45H,2,5,10-11,13-16,18-24,44H2,(H,49,60)(H,46,47,48)(H,50,55,57). The second-order valence-corrected chi connectivity index (χ2v) is 16.3. The van der Waals surface area contributed by atoms with Crippen LogP contribution in [0.5, 0.6) is 0 Å². The van der Waals surface area contributed by atoms with Crippen LogP contribution in [0.1, 0.15) is 77.3 Å². The van der Waals surface area contributed by atoms with Crippen LogP contribution in [0.3, 0.4) is 0 Å². The number of piperidine rings is 2. The molecule has 18 heteroatoms. The minimum absolute atomic E-state index is 0.0350. The minimum atomic E-state index is -1.04. The third kappa shape index (κ3) is 8.42. The maximum absolute atomic E-state index is 13.9. The van der Waals surface area contributed by atoms with Gasteiger partial charge in [-0.05, 0) is 68.0 Å². The van der Waals surface area contributed by atoms with Gasteiger partial charge in [0.1, 0.15) is 23.8 Å². The van der Waals surface area contributed by atoms with Gasteiger partial charge in [-0.15, -0.1) is 0 Å². The lowest BCUT2D eigenvalue weighted by atomic mass is 9.87. The number of rotatable bonds is 13. The van der Waals surface area contributed by atoms with E-state index in [-0.39, 0.29) is 41.8 Å². The summed E-state index contributed by atoms with van der Waals surface area (Å²) in [6.45, 7) is 4.79. The molecule has 60 heavy (non-hydrogen) atoms. The van der Waals surface area contributed by atoms with E-state index in [1.165, 1.54) is 6.33 Å². The number of anilines is 2. The maximum Gasteiger partial charge on any atom is 0.264 e. The van der Waals surface area contributed by atoms with Crippen molar-refractivity contribution >= 4 is 69.6 Å². The van der Waals surface area contributed by atoms with Crippen LogP contribution in [0.15, 0.2) is 61.1 Å². The molecule has 2 atom stereocenters. The molecule has 2 aromatic heterocycles. The first-order valence-corrected chi connectivity index (χ1v) is 20.8. The third-order valence-electron chi connectivity index (χ3n) is 12.1. The van der Waals surface area contributed by atoms with Crippen LogP contribution in [-0.2, 0) is 19.2 Å². The summed E-state index contributed by atoms with van der Waals surface area (Å²) in [6.07, 6.45) is 5.88. The smallest absolute Gasteiger partial charge is 0.264 e. The van der Waals surface area contributed by atoms with Gasteiger partial charge in [-0.2, -0.15) is 0 Å². The zero-order chi connectivity index (χ0) is 42.0. The van der Waals surface area contributed by atoms with Crippen molar-refractivity contribution in [3.8, 4) is 0 Å². The number of fused-ring (bicyclic) bond motifs is 2. The molecule has 4 aliphatic heterocycles. The lowest BCUT2D eigenvalue weighted by Gasteiger charge is -2.39. The van der Waals surface area contributed by atoms with Gasteiger partial charge in [-0.25, -0.2) is 9.97 Å². The number of amides is 6. The Bertz CT molecular complexity index is 2300. The van der Waals surface area contributed by atoms with E-state index in [2.05, 4.69) is 40.7 Å². The van der Waals surface area contributed by atoms with Gasteiger partial charge < -0.3 is 31.2 Å². The number of piperazine rings is 1. The number of halogens is 1. The fraction of sp³-hybridized carbons (Fsp3) is 0.429. The Hall–Kier alpha value is -5.91. The van der Waals surface area contributed by atoms with Crippen LogP contribution < -0.4 is 26.6 Å². The van der Waals surface area contributed by atoms with Crippen molar-refractivity contribution in [3.05, 3.63) is 82.8 Å². The molecule has 6 amide bonds. The average molecular weight is 838 g/mol. The Balaban J connectivity index is 0.798. The highest BCUT2D eigenvalue weighted by Gasteiger charge is 2.46. The van der Waals surface area contributed by atoms with Gasteiger partial charge in [0.05, 0.1) is 28.1 Å². The Kier molecular flexibility index (Phi) is 11.8. The Morgan fingerprint density at radius 1 is 0.950 bits per heavy atom. The minimum Gasteiger partial charge on any atom is -0.384 e. The summed E-state index contributed by atoms with van der Waals surface area (Å²) in [5.74, 6) is -1.56. The molecule has 314 valence electrons. The van der Waals surface area contributed by atoms with Crippen LogP contribution >= 0.6 is 11.6 Å². The van der Waals surface area contributed by atoms with Crippen LogP contribution in [0.2, 0.25) is 5.02 Å². The third-order valence-corrected chi connectivity index (χ3v) is 12.4. The summed E-state index contributed by atoms with van der Waals surface area (Å²) >= 11 is 6.22. The average Bonchev–Trinajstić information content (AvgIpc) is 3.84. The predicted molar refractivity (Wildman–Crippen MR) is 223 cm³/mol. The van der Waals surface area contributed by atoms with E-state index < -0.39 is 35.2 Å². The molecular weight excluding hydrogens is 790 g/mol. The number of imide groups is 2. The number of hydrogen-bond donors (Lipinski definition) is 5.